The van der Waals surface area contributed by atoms with E-state index in [0.717, 1.165) is 67.9 Å². The second kappa shape index (κ2) is 12.7. The summed E-state index contributed by atoms with van der Waals surface area (Å²) in [6.45, 7) is 3.85. The lowest BCUT2D eigenvalue weighted by atomic mass is 10.1. The standard InChI is InChI=1S/C26H34N4O3/c1-2-3-12-24(31)28-16-9-5-4-8-15-27-18-25(32)29-19-13-14-23-22(17-19)20-10-6-7-11-21(20)26(33)30-23/h6-7,10-11,13-14,17,27H,2-5,8-9,12,15-16,18H2,1H3,(H,28,31)(H,29,32)(H,30,33). The summed E-state index contributed by atoms with van der Waals surface area (Å²) < 4.78 is 0. The molecule has 0 saturated heterocycles. The van der Waals surface area contributed by atoms with E-state index >= 15 is 0 Å². The van der Waals surface area contributed by atoms with Crippen LogP contribution in [0.4, 0.5) is 5.69 Å². The van der Waals surface area contributed by atoms with Crippen LogP contribution < -0.4 is 21.5 Å². The van der Waals surface area contributed by atoms with Crippen molar-refractivity contribution in [3.05, 3.63) is 52.8 Å². The van der Waals surface area contributed by atoms with Crippen LogP contribution in [0.15, 0.2) is 47.3 Å². The molecule has 2 amide bonds. The van der Waals surface area contributed by atoms with Crippen molar-refractivity contribution < 1.29 is 9.59 Å². The van der Waals surface area contributed by atoms with Crippen molar-refractivity contribution in [3.63, 3.8) is 0 Å². The van der Waals surface area contributed by atoms with Crippen molar-refractivity contribution in [3.8, 4) is 0 Å². The Balaban J connectivity index is 1.36. The Morgan fingerprint density at radius 1 is 0.848 bits per heavy atom. The highest BCUT2D eigenvalue weighted by molar-refractivity contribution is 6.07. The Kier molecular flexibility index (Phi) is 9.44. The molecule has 33 heavy (non-hydrogen) atoms. The number of pyridine rings is 1. The molecule has 1 aromatic heterocycles. The normalized spacial score (nSPS) is 11.1. The van der Waals surface area contributed by atoms with Crippen molar-refractivity contribution in [1.29, 1.82) is 0 Å². The van der Waals surface area contributed by atoms with Crippen LogP contribution in [0.1, 0.15) is 51.9 Å². The maximum atomic E-state index is 12.3. The monoisotopic (exact) mass is 450 g/mol. The predicted octanol–water partition coefficient (Wildman–Crippen LogP) is 4.08. The van der Waals surface area contributed by atoms with Crippen LogP contribution in [0, 0.1) is 0 Å². The molecule has 3 aromatic rings. The number of hydrogen-bond acceptors (Lipinski definition) is 4. The number of H-pyrrole nitrogens is 1. The van der Waals surface area contributed by atoms with Crippen LogP contribution in [0.25, 0.3) is 21.7 Å². The molecule has 0 aliphatic carbocycles. The fourth-order valence-electron chi connectivity index (χ4n) is 3.85. The summed E-state index contributed by atoms with van der Waals surface area (Å²) in [6, 6.07) is 13.0. The number of rotatable bonds is 13. The number of aromatic nitrogens is 1. The number of anilines is 1. The fourth-order valence-corrected chi connectivity index (χ4v) is 3.85. The zero-order valence-electron chi connectivity index (χ0n) is 19.3. The minimum Gasteiger partial charge on any atom is -0.356 e. The van der Waals surface area contributed by atoms with Gasteiger partial charge in [0, 0.05) is 34.9 Å². The Bertz CT molecular complexity index is 1140. The summed E-state index contributed by atoms with van der Waals surface area (Å²) in [5.41, 5.74) is 1.33. The minimum absolute atomic E-state index is 0.0992. The third-order valence-corrected chi connectivity index (χ3v) is 5.66. The summed E-state index contributed by atoms with van der Waals surface area (Å²) in [7, 11) is 0. The molecule has 0 saturated carbocycles. The first-order chi connectivity index (χ1) is 16.1. The molecule has 0 unspecified atom stereocenters. The molecule has 7 nitrogen and oxygen atoms in total. The average Bonchev–Trinajstić information content (AvgIpc) is 2.82. The first-order valence-corrected chi connectivity index (χ1v) is 11.9. The lowest BCUT2D eigenvalue weighted by molar-refractivity contribution is -0.121. The van der Waals surface area contributed by atoms with Gasteiger partial charge in [-0.2, -0.15) is 0 Å². The molecule has 0 radical (unpaired) electrons. The summed E-state index contributed by atoms with van der Waals surface area (Å²) in [6.07, 6.45) is 6.72. The molecule has 1 heterocycles. The molecule has 176 valence electrons. The molecule has 0 aliphatic rings. The lowest BCUT2D eigenvalue weighted by Gasteiger charge is -2.09. The lowest BCUT2D eigenvalue weighted by Crippen LogP contribution is -2.28. The molecule has 0 bridgehead atoms. The summed E-state index contributed by atoms with van der Waals surface area (Å²) >= 11 is 0. The summed E-state index contributed by atoms with van der Waals surface area (Å²) in [5.74, 6) is 0.0512. The van der Waals surface area contributed by atoms with E-state index in [-0.39, 0.29) is 23.9 Å². The van der Waals surface area contributed by atoms with Crippen molar-refractivity contribution in [2.75, 3.05) is 25.0 Å². The fraction of sp³-hybridized carbons (Fsp3) is 0.423. The quantitative estimate of drug-likeness (QED) is 0.233. The largest absolute Gasteiger partial charge is 0.356 e. The van der Waals surface area contributed by atoms with E-state index in [9.17, 15) is 14.4 Å². The second-order valence-corrected chi connectivity index (χ2v) is 8.35. The van der Waals surface area contributed by atoms with Gasteiger partial charge >= 0.3 is 0 Å². The summed E-state index contributed by atoms with van der Waals surface area (Å²) in [5, 5.41) is 11.5. The van der Waals surface area contributed by atoms with E-state index in [0.29, 0.717) is 17.5 Å². The highest BCUT2D eigenvalue weighted by Gasteiger charge is 2.07. The first-order valence-electron chi connectivity index (χ1n) is 11.9. The Morgan fingerprint density at radius 2 is 1.61 bits per heavy atom. The van der Waals surface area contributed by atoms with Gasteiger partial charge in [0.05, 0.1) is 6.54 Å². The van der Waals surface area contributed by atoms with Gasteiger partial charge < -0.3 is 20.9 Å². The van der Waals surface area contributed by atoms with Gasteiger partial charge in [-0.3, -0.25) is 14.4 Å². The number of unbranched alkanes of at least 4 members (excludes halogenated alkanes) is 4. The van der Waals surface area contributed by atoms with Crippen LogP contribution >= 0.6 is 0 Å². The van der Waals surface area contributed by atoms with Gasteiger partial charge in [-0.25, -0.2) is 0 Å². The molecule has 0 aliphatic heterocycles. The van der Waals surface area contributed by atoms with Gasteiger partial charge in [0.15, 0.2) is 0 Å². The van der Waals surface area contributed by atoms with E-state index in [1.165, 1.54) is 0 Å². The zero-order valence-corrected chi connectivity index (χ0v) is 19.3. The highest BCUT2D eigenvalue weighted by Crippen LogP contribution is 2.24. The van der Waals surface area contributed by atoms with Crippen molar-refractivity contribution in [2.45, 2.75) is 51.9 Å². The van der Waals surface area contributed by atoms with Gasteiger partial charge in [0.25, 0.3) is 5.56 Å². The van der Waals surface area contributed by atoms with Crippen LogP contribution in [0.2, 0.25) is 0 Å². The van der Waals surface area contributed by atoms with Gasteiger partial charge in [-0.1, -0.05) is 44.4 Å². The third-order valence-electron chi connectivity index (χ3n) is 5.66. The average molecular weight is 451 g/mol. The number of carbonyl (C=O) groups is 2. The number of fused-ring (bicyclic) bond motifs is 3. The molecule has 0 spiro atoms. The molecule has 0 fully saturated rings. The SMILES string of the molecule is CCCCC(=O)NCCCCCCNCC(=O)Nc1ccc2[nH]c(=O)c3ccccc3c2c1. The molecule has 2 aromatic carbocycles. The molecule has 3 rings (SSSR count). The van der Waals surface area contributed by atoms with Crippen LogP contribution in [-0.2, 0) is 9.59 Å². The second-order valence-electron chi connectivity index (χ2n) is 8.35. The summed E-state index contributed by atoms with van der Waals surface area (Å²) in [4.78, 5) is 38.9. The first kappa shape index (κ1) is 24.5. The number of carbonyl (C=O) groups excluding carboxylic acids is 2. The maximum Gasteiger partial charge on any atom is 0.256 e. The Labute approximate surface area is 194 Å². The Hall–Kier alpha value is -3.19. The van der Waals surface area contributed by atoms with E-state index in [1.54, 1.807) is 12.1 Å². The van der Waals surface area contributed by atoms with E-state index < -0.39 is 0 Å². The maximum absolute atomic E-state index is 12.3. The van der Waals surface area contributed by atoms with Gasteiger partial charge in [-0.15, -0.1) is 0 Å². The van der Waals surface area contributed by atoms with Gasteiger partial charge in [0.1, 0.15) is 0 Å². The molecule has 4 N–H and O–H groups in total. The van der Waals surface area contributed by atoms with Crippen LogP contribution in [-0.4, -0.2) is 36.4 Å². The van der Waals surface area contributed by atoms with Crippen molar-refractivity contribution in [2.24, 2.45) is 0 Å². The number of nitrogens with one attached hydrogen (secondary N) is 4. The number of benzene rings is 2. The minimum atomic E-state index is -0.115. The topological polar surface area (TPSA) is 103 Å². The van der Waals surface area contributed by atoms with E-state index in [1.807, 2.05) is 30.3 Å². The van der Waals surface area contributed by atoms with E-state index in [4.69, 9.17) is 0 Å². The predicted molar refractivity (Wildman–Crippen MR) is 135 cm³/mol. The zero-order chi connectivity index (χ0) is 23.5. The molecule has 7 heteroatoms. The number of aromatic amines is 1. The van der Waals surface area contributed by atoms with E-state index in [2.05, 4.69) is 27.9 Å². The third kappa shape index (κ3) is 7.43. The highest BCUT2D eigenvalue weighted by atomic mass is 16.2. The van der Waals surface area contributed by atoms with Crippen LogP contribution in [0.5, 0.6) is 0 Å². The van der Waals surface area contributed by atoms with Gasteiger partial charge in [-0.05, 0) is 55.5 Å². The van der Waals surface area contributed by atoms with Crippen molar-refractivity contribution >= 4 is 39.2 Å². The number of hydrogen-bond donors (Lipinski definition) is 4. The van der Waals surface area contributed by atoms with Crippen molar-refractivity contribution in [1.82, 2.24) is 15.6 Å². The molecular weight excluding hydrogens is 416 g/mol. The smallest absolute Gasteiger partial charge is 0.256 e. The molecular formula is C26H34N4O3. The number of amides is 2. The Morgan fingerprint density at radius 3 is 2.39 bits per heavy atom. The molecule has 0 atom stereocenters. The van der Waals surface area contributed by atoms with Crippen LogP contribution in [0.3, 0.4) is 0 Å². The van der Waals surface area contributed by atoms with Gasteiger partial charge in [0.2, 0.25) is 11.8 Å².